The molecule has 3 aromatic rings. The van der Waals surface area contributed by atoms with Crippen molar-refractivity contribution in [2.24, 2.45) is 7.05 Å². The van der Waals surface area contributed by atoms with Crippen molar-refractivity contribution in [2.75, 3.05) is 7.05 Å². The second-order valence-electron chi connectivity index (χ2n) is 8.15. The maximum Gasteiger partial charge on any atom is 0.416 e. The lowest BCUT2D eigenvalue weighted by Crippen LogP contribution is -2.35. The summed E-state index contributed by atoms with van der Waals surface area (Å²) in [6.07, 6.45) is -0.483. The van der Waals surface area contributed by atoms with Crippen LogP contribution in [-0.2, 0) is 39.2 Å². The van der Waals surface area contributed by atoms with Gasteiger partial charge in [-0.05, 0) is 49.1 Å². The largest absolute Gasteiger partial charge is 0.467 e. The van der Waals surface area contributed by atoms with Crippen molar-refractivity contribution < 1.29 is 22.4 Å². The van der Waals surface area contributed by atoms with E-state index in [0.717, 1.165) is 41.8 Å². The third-order valence-corrected chi connectivity index (χ3v) is 5.85. The van der Waals surface area contributed by atoms with Crippen LogP contribution in [0.3, 0.4) is 0 Å². The second kappa shape index (κ2) is 8.82. The molecule has 1 aliphatic rings. The first-order valence-electron chi connectivity index (χ1n) is 10.4. The molecular weight excluding hydrogens is 421 g/mol. The van der Waals surface area contributed by atoms with Gasteiger partial charge in [-0.25, -0.2) is 0 Å². The number of aromatic nitrogens is 2. The monoisotopic (exact) mass is 446 g/mol. The Morgan fingerprint density at radius 2 is 2.03 bits per heavy atom. The number of rotatable bonds is 6. The van der Waals surface area contributed by atoms with Gasteiger partial charge >= 0.3 is 6.18 Å². The van der Waals surface area contributed by atoms with Gasteiger partial charge in [-0.2, -0.15) is 18.3 Å². The molecule has 4 rings (SSSR count). The molecule has 2 heterocycles. The zero-order valence-electron chi connectivity index (χ0n) is 17.9. The van der Waals surface area contributed by atoms with Crippen molar-refractivity contribution in [3.05, 3.63) is 76.5 Å². The molecule has 0 bridgehead atoms. The Morgan fingerprint density at radius 3 is 2.69 bits per heavy atom. The van der Waals surface area contributed by atoms with Crippen molar-refractivity contribution in [2.45, 2.75) is 44.6 Å². The Bertz CT molecular complexity index is 1070. The number of alkyl halides is 3. The maximum atomic E-state index is 13.1. The van der Waals surface area contributed by atoms with Crippen LogP contribution in [0.5, 0.6) is 0 Å². The minimum absolute atomic E-state index is 0.107. The number of fused-ring (bicyclic) bond motifs is 1. The highest BCUT2D eigenvalue weighted by atomic mass is 19.4. The van der Waals surface area contributed by atoms with Crippen LogP contribution in [0, 0.1) is 0 Å². The number of halogens is 3. The van der Waals surface area contributed by atoms with Crippen molar-refractivity contribution in [1.29, 1.82) is 0 Å². The van der Waals surface area contributed by atoms with Gasteiger partial charge in [0.05, 0.1) is 18.4 Å². The van der Waals surface area contributed by atoms with Gasteiger partial charge in [0, 0.05) is 37.9 Å². The van der Waals surface area contributed by atoms with Crippen LogP contribution in [0.4, 0.5) is 13.2 Å². The van der Waals surface area contributed by atoms with E-state index >= 15 is 0 Å². The SMILES string of the molecule is CN(Cc1ccco1)C(=O)c1nn(C)c2c1C[C@@H](NCc1ccc(C(F)(F)F)cc1)CC2. The fourth-order valence-electron chi connectivity index (χ4n) is 4.10. The molecule has 0 radical (unpaired) electrons. The summed E-state index contributed by atoms with van der Waals surface area (Å²) in [5, 5.41) is 7.91. The highest BCUT2D eigenvalue weighted by Crippen LogP contribution is 2.29. The number of carbonyl (C=O) groups is 1. The van der Waals surface area contributed by atoms with Gasteiger partial charge < -0.3 is 14.6 Å². The first-order chi connectivity index (χ1) is 15.2. The molecule has 1 aromatic carbocycles. The van der Waals surface area contributed by atoms with Crippen LogP contribution in [0.2, 0.25) is 0 Å². The number of hydrogen-bond acceptors (Lipinski definition) is 4. The molecule has 0 fully saturated rings. The third-order valence-electron chi connectivity index (χ3n) is 5.85. The fraction of sp³-hybridized carbons (Fsp3) is 0.391. The molecule has 0 aliphatic heterocycles. The van der Waals surface area contributed by atoms with Crippen molar-refractivity contribution in [3.63, 3.8) is 0 Å². The topological polar surface area (TPSA) is 63.3 Å². The zero-order valence-corrected chi connectivity index (χ0v) is 17.9. The van der Waals surface area contributed by atoms with E-state index in [2.05, 4.69) is 10.4 Å². The zero-order chi connectivity index (χ0) is 22.9. The molecule has 9 heteroatoms. The van der Waals surface area contributed by atoms with E-state index in [1.807, 2.05) is 13.1 Å². The summed E-state index contributed by atoms with van der Waals surface area (Å²) in [5.74, 6) is 0.531. The van der Waals surface area contributed by atoms with E-state index in [1.165, 1.54) is 12.1 Å². The lowest BCUT2D eigenvalue weighted by atomic mass is 9.91. The first-order valence-corrected chi connectivity index (χ1v) is 10.4. The van der Waals surface area contributed by atoms with Crippen LogP contribution in [0.1, 0.15) is 45.1 Å². The summed E-state index contributed by atoms with van der Waals surface area (Å²) in [5.41, 5.74) is 2.55. The van der Waals surface area contributed by atoms with E-state index in [4.69, 9.17) is 4.42 Å². The second-order valence-corrected chi connectivity index (χ2v) is 8.15. The minimum Gasteiger partial charge on any atom is -0.467 e. The van der Waals surface area contributed by atoms with Crippen LogP contribution in [0.15, 0.2) is 47.1 Å². The summed E-state index contributed by atoms with van der Waals surface area (Å²) in [6.45, 7) is 0.812. The lowest BCUT2D eigenvalue weighted by Gasteiger charge is -2.25. The average Bonchev–Trinajstić information content (AvgIpc) is 3.39. The molecule has 0 saturated carbocycles. The average molecular weight is 446 g/mol. The molecule has 32 heavy (non-hydrogen) atoms. The molecule has 1 atom stereocenters. The number of hydrogen-bond donors (Lipinski definition) is 1. The van der Waals surface area contributed by atoms with Crippen molar-refractivity contribution in [1.82, 2.24) is 20.0 Å². The highest BCUT2D eigenvalue weighted by molar-refractivity contribution is 5.94. The number of nitrogens with one attached hydrogen (secondary N) is 1. The molecule has 0 saturated heterocycles. The number of aryl methyl sites for hydroxylation is 1. The smallest absolute Gasteiger partial charge is 0.416 e. The fourth-order valence-corrected chi connectivity index (χ4v) is 4.10. The van der Waals surface area contributed by atoms with Crippen LogP contribution < -0.4 is 5.32 Å². The van der Waals surface area contributed by atoms with Gasteiger partial charge in [-0.1, -0.05) is 12.1 Å². The van der Waals surface area contributed by atoms with Gasteiger partial charge in [-0.15, -0.1) is 0 Å². The van der Waals surface area contributed by atoms with Gasteiger partial charge in [0.25, 0.3) is 5.91 Å². The summed E-state index contributed by atoms with van der Waals surface area (Å²) < 4.78 is 45.3. The molecule has 1 N–H and O–H groups in total. The number of nitrogens with zero attached hydrogens (tertiary/aromatic N) is 3. The van der Waals surface area contributed by atoms with Gasteiger partial charge in [-0.3, -0.25) is 9.48 Å². The van der Waals surface area contributed by atoms with Gasteiger partial charge in [0.15, 0.2) is 5.69 Å². The number of carbonyl (C=O) groups excluding carboxylic acids is 1. The highest BCUT2D eigenvalue weighted by Gasteiger charge is 2.31. The first kappa shape index (κ1) is 22.1. The molecule has 0 unspecified atom stereocenters. The van der Waals surface area contributed by atoms with E-state index in [0.29, 0.717) is 31.0 Å². The standard InChI is InChI=1S/C23H25F3N4O2/c1-29(14-18-4-3-11-32-18)22(31)21-19-12-17(9-10-20(19)30(2)28-21)27-13-15-5-7-16(8-6-15)23(24,25)26/h3-8,11,17,27H,9-10,12-14H2,1-2H3/t17-/m0/s1. The molecule has 0 spiro atoms. The summed E-state index contributed by atoms with van der Waals surface area (Å²) in [6, 6.07) is 8.89. The normalized spacial score (nSPS) is 16.1. The minimum atomic E-state index is -4.33. The van der Waals surface area contributed by atoms with Gasteiger partial charge in [0.2, 0.25) is 0 Å². The molecule has 1 amide bonds. The van der Waals surface area contributed by atoms with Crippen LogP contribution in [0.25, 0.3) is 0 Å². The summed E-state index contributed by atoms with van der Waals surface area (Å²) in [4.78, 5) is 14.6. The van der Waals surface area contributed by atoms with Crippen molar-refractivity contribution in [3.8, 4) is 0 Å². The Morgan fingerprint density at radius 1 is 1.28 bits per heavy atom. The van der Waals surface area contributed by atoms with E-state index in [9.17, 15) is 18.0 Å². The Kier molecular flexibility index (Phi) is 6.10. The third kappa shape index (κ3) is 4.72. The van der Waals surface area contributed by atoms with Gasteiger partial charge in [0.1, 0.15) is 5.76 Å². The van der Waals surface area contributed by atoms with E-state index in [1.54, 1.807) is 29.0 Å². The van der Waals surface area contributed by atoms with Crippen LogP contribution >= 0.6 is 0 Å². The quantitative estimate of drug-likeness (QED) is 0.623. The molecule has 2 aromatic heterocycles. The van der Waals surface area contributed by atoms with Crippen molar-refractivity contribution >= 4 is 5.91 Å². The predicted molar refractivity (Wildman–Crippen MR) is 112 cm³/mol. The lowest BCUT2D eigenvalue weighted by molar-refractivity contribution is -0.137. The number of furan rings is 1. The molecular formula is C23H25F3N4O2. The molecule has 6 nitrogen and oxygen atoms in total. The molecule has 1 aliphatic carbocycles. The molecule has 170 valence electrons. The predicted octanol–water partition coefficient (Wildman–Crippen LogP) is 3.95. The number of amides is 1. The Hall–Kier alpha value is -3.07. The summed E-state index contributed by atoms with van der Waals surface area (Å²) in [7, 11) is 3.56. The summed E-state index contributed by atoms with van der Waals surface area (Å²) >= 11 is 0. The van der Waals surface area contributed by atoms with E-state index in [-0.39, 0.29) is 11.9 Å². The Labute approximate surface area is 184 Å². The number of benzene rings is 1. The Balaban J connectivity index is 1.42. The van der Waals surface area contributed by atoms with Crippen LogP contribution in [-0.4, -0.2) is 33.7 Å². The van der Waals surface area contributed by atoms with E-state index < -0.39 is 11.7 Å². The maximum absolute atomic E-state index is 13.1.